The number of hydrogen-bond donors (Lipinski definition) is 0. The molecule has 2 nitrogen and oxygen atoms in total. The van der Waals surface area contributed by atoms with E-state index < -0.39 is 7.14 Å². The van der Waals surface area contributed by atoms with Gasteiger partial charge in [-0.25, -0.2) is 0 Å². The molecule has 2 aromatic heterocycles. The van der Waals surface area contributed by atoms with Crippen LogP contribution in [-0.4, -0.2) is 0 Å². The van der Waals surface area contributed by atoms with E-state index in [1.165, 1.54) is 25.7 Å². The molecule has 2 heterocycles. The summed E-state index contributed by atoms with van der Waals surface area (Å²) in [5.41, 5.74) is 6.14. The number of furan rings is 1. The zero-order valence-electron chi connectivity index (χ0n) is 24.8. The maximum Gasteiger partial charge on any atom is 0.171 e. The zero-order chi connectivity index (χ0) is 30.7. The molecule has 0 saturated carbocycles. The predicted molar refractivity (Wildman–Crippen MR) is 197 cm³/mol. The molecule has 0 saturated heterocycles. The molecule has 218 valence electrons. The van der Waals surface area contributed by atoms with Crippen LogP contribution in [0.1, 0.15) is 0 Å². The van der Waals surface area contributed by atoms with Crippen LogP contribution in [0.5, 0.6) is 0 Å². The maximum atomic E-state index is 15.0. The highest BCUT2D eigenvalue weighted by Crippen LogP contribution is 2.43. The third-order valence-electron chi connectivity index (χ3n) is 8.96. The van der Waals surface area contributed by atoms with E-state index in [0.717, 1.165) is 54.5 Å². The van der Waals surface area contributed by atoms with Crippen LogP contribution in [-0.2, 0) is 4.57 Å². The van der Waals surface area contributed by atoms with Crippen molar-refractivity contribution in [1.29, 1.82) is 0 Å². The minimum Gasteiger partial charge on any atom is -0.456 e. The summed E-state index contributed by atoms with van der Waals surface area (Å²) in [7, 11) is -3.09. The Hall–Kier alpha value is -5.21. The molecule has 0 atom stereocenters. The van der Waals surface area contributed by atoms with Gasteiger partial charge in [0.25, 0.3) is 0 Å². The first-order valence-corrected chi connectivity index (χ1v) is 17.9. The fourth-order valence-corrected chi connectivity index (χ4v) is 10.4. The summed E-state index contributed by atoms with van der Waals surface area (Å²) in [6.45, 7) is 0. The van der Waals surface area contributed by atoms with E-state index in [1.54, 1.807) is 0 Å². The summed E-state index contributed by atoms with van der Waals surface area (Å²) in [5, 5.41) is 7.22. The fraction of sp³-hybridized carbons (Fsp3) is 0. The van der Waals surface area contributed by atoms with E-state index in [1.807, 2.05) is 84.1 Å². The Kier molecular flexibility index (Phi) is 6.31. The quantitative estimate of drug-likeness (QED) is 0.178. The van der Waals surface area contributed by atoms with Crippen LogP contribution < -0.4 is 15.9 Å². The predicted octanol–water partition coefficient (Wildman–Crippen LogP) is 10.9. The van der Waals surface area contributed by atoms with Crippen molar-refractivity contribution >= 4 is 76.5 Å². The Morgan fingerprint density at radius 3 is 1.54 bits per heavy atom. The van der Waals surface area contributed by atoms with Gasteiger partial charge in [0.05, 0.1) is 0 Å². The van der Waals surface area contributed by atoms with Crippen LogP contribution in [0.4, 0.5) is 0 Å². The van der Waals surface area contributed by atoms with Gasteiger partial charge in [-0.15, -0.1) is 11.3 Å². The van der Waals surface area contributed by atoms with Gasteiger partial charge in [-0.2, -0.15) is 0 Å². The first-order chi connectivity index (χ1) is 22.6. The molecule has 0 N–H and O–H groups in total. The Balaban J connectivity index is 1.16. The van der Waals surface area contributed by atoms with Gasteiger partial charge in [0.1, 0.15) is 11.2 Å². The van der Waals surface area contributed by atoms with Crippen LogP contribution in [0, 0.1) is 0 Å². The van der Waals surface area contributed by atoms with Gasteiger partial charge in [-0.05, 0) is 70.8 Å². The Labute approximate surface area is 270 Å². The molecule has 0 amide bonds. The summed E-state index contributed by atoms with van der Waals surface area (Å²) in [6.07, 6.45) is 0. The SMILES string of the molecule is O=P(c1ccccc1)(c1ccccc1)c1cccc(-c2ccc3oc4ccc(-c5ccc6sc7ccccc7c6c5)cc4c3c2)c1. The molecule has 0 spiro atoms. The molecule has 0 aliphatic heterocycles. The van der Waals surface area contributed by atoms with Crippen molar-refractivity contribution in [3.63, 3.8) is 0 Å². The van der Waals surface area contributed by atoms with Crippen LogP contribution in [0.25, 0.3) is 64.4 Å². The standard InChI is InChI=1S/C42H27O2PS/c43-45(32-11-3-1-4-12-32,33-13-5-2-6-14-33)34-15-9-10-28(24-34)29-18-21-39-36(25-29)37-26-30(19-22-40(37)44-39)31-20-23-42-38(27-31)35-16-7-8-17-41(35)46-42/h1-27H. The van der Waals surface area contributed by atoms with Crippen molar-refractivity contribution in [2.24, 2.45) is 0 Å². The molecule has 46 heavy (non-hydrogen) atoms. The van der Waals surface area contributed by atoms with E-state index in [4.69, 9.17) is 4.42 Å². The monoisotopic (exact) mass is 626 g/mol. The van der Waals surface area contributed by atoms with E-state index in [2.05, 4.69) is 91.0 Å². The molecule has 0 unspecified atom stereocenters. The highest BCUT2D eigenvalue weighted by molar-refractivity contribution is 7.85. The number of rotatable bonds is 5. The molecule has 0 aliphatic carbocycles. The van der Waals surface area contributed by atoms with Gasteiger partial charge in [0.15, 0.2) is 7.14 Å². The van der Waals surface area contributed by atoms with Crippen LogP contribution >= 0.6 is 18.5 Å². The second kappa shape index (κ2) is 10.7. The van der Waals surface area contributed by atoms with Crippen molar-refractivity contribution < 1.29 is 8.98 Å². The van der Waals surface area contributed by atoms with Crippen molar-refractivity contribution in [2.45, 2.75) is 0 Å². The molecular weight excluding hydrogens is 600 g/mol. The average Bonchev–Trinajstić information content (AvgIpc) is 3.69. The topological polar surface area (TPSA) is 30.2 Å². The highest BCUT2D eigenvalue weighted by Gasteiger charge is 2.29. The summed E-state index contributed by atoms with van der Waals surface area (Å²) >= 11 is 1.84. The van der Waals surface area contributed by atoms with E-state index in [-0.39, 0.29) is 0 Å². The number of hydrogen-bond acceptors (Lipinski definition) is 3. The zero-order valence-corrected chi connectivity index (χ0v) is 26.5. The average molecular weight is 627 g/mol. The largest absolute Gasteiger partial charge is 0.456 e. The fourth-order valence-electron chi connectivity index (χ4n) is 6.65. The van der Waals surface area contributed by atoms with Gasteiger partial charge >= 0.3 is 0 Å². The molecule has 7 aromatic carbocycles. The van der Waals surface area contributed by atoms with Gasteiger partial charge in [0, 0.05) is 46.9 Å². The molecule has 0 radical (unpaired) electrons. The van der Waals surface area contributed by atoms with Crippen molar-refractivity contribution in [3.8, 4) is 22.3 Å². The lowest BCUT2D eigenvalue weighted by atomic mass is 9.99. The number of benzene rings is 7. The molecular formula is C42H27O2PS. The lowest BCUT2D eigenvalue weighted by molar-refractivity contribution is 0.592. The lowest BCUT2D eigenvalue weighted by Gasteiger charge is -2.20. The summed E-state index contributed by atoms with van der Waals surface area (Å²) < 4.78 is 24.0. The van der Waals surface area contributed by atoms with Crippen molar-refractivity contribution in [2.75, 3.05) is 0 Å². The first-order valence-electron chi connectivity index (χ1n) is 15.4. The Bertz CT molecular complexity index is 2570. The van der Waals surface area contributed by atoms with Gasteiger partial charge in [-0.1, -0.05) is 115 Å². The first kappa shape index (κ1) is 27.1. The molecule has 0 aliphatic rings. The second-order valence-corrected chi connectivity index (χ2v) is 15.5. The summed E-state index contributed by atoms with van der Waals surface area (Å²) in [6, 6.07) is 56.1. The van der Waals surface area contributed by atoms with Gasteiger partial charge in [0.2, 0.25) is 0 Å². The van der Waals surface area contributed by atoms with E-state index in [9.17, 15) is 0 Å². The number of thiophene rings is 1. The Morgan fingerprint density at radius 2 is 0.891 bits per heavy atom. The molecule has 9 rings (SSSR count). The molecule has 0 bridgehead atoms. The van der Waals surface area contributed by atoms with Gasteiger partial charge < -0.3 is 8.98 Å². The third kappa shape index (κ3) is 4.35. The van der Waals surface area contributed by atoms with Crippen LogP contribution in [0.3, 0.4) is 0 Å². The normalized spacial score (nSPS) is 12.0. The summed E-state index contributed by atoms with van der Waals surface area (Å²) in [4.78, 5) is 0. The maximum absolute atomic E-state index is 15.0. The minimum absolute atomic E-state index is 0.818. The molecule has 9 aromatic rings. The van der Waals surface area contributed by atoms with Crippen molar-refractivity contribution in [1.82, 2.24) is 0 Å². The number of fused-ring (bicyclic) bond motifs is 6. The van der Waals surface area contributed by atoms with Crippen LogP contribution in [0.2, 0.25) is 0 Å². The lowest BCUT2D eigenvalue weighted by Crippen LogP contribution is -2.25. The smallest absolute Gasteiger partial charge is 0.171 e. The van der Waals surface area contributed by atoms with E-state index in [0.29, 0.717) is 0 Å². The molecule has 4 heteroatoms. The third-order valence-corrected chi connectivity index (χ3v) is 13.2. The van der Waals surface area contributed by atoms with Crippen LogP contribution in [0.15, 0.2) is 168 Å². The molecule has 0 fully saturated rings. The minimum atomic E-state index is -3.09. The Morgan fingerprint density at radius 1 is 0.391 bits per heavy atom. The van der Waals surface area contributed by atoms with E-state index >= 15 is 4.57 Å². The van der Waals surface area contributed by atoms with Crippen molar-refractivity contribution in [3.05, 3.63) is 164 Å². The summed E-state index contributed by atoms with van der Waals surface area (Å²) in [5.74, 6) is 0. The van der Waals surface area contributed by atoms with Gasteiger partial charge in [-0.3, -0.25) is 0 Å². The second-order valence-electron chi connectivity index (χ2n) is 11.7. The highest BCUT2D eigenvalue weighted by atomic mass is 32.1.